The molecule has 5 N–H and O–H groups in total. The van der Waals surface area contributed by atoms with Gasteiger partial charge in [0.2, 0.25) is 5.91 Å². The van der Waals surface area contributed by atoms with Crippen molar-refractivity contribution in [1.82, 2.24) is 5.32 Å². The summed E-state index contributed by atoms with van der Waals surface area (Å²) >= 11 is 12.1. The number of carbonyl (C=O) groups excluding carboxylic acids is 1. The van der Waals surface area contributed by atoms with Crippen molar-refractivity contribution in [3.05, 3.63) is 69.2 Å². The van der Waals surface area contributed by atoms with Crippen LogP contribution in [0.25, 0.3) is 0 Å². The van der Waals surface area contributed by atoms with E-state index in [1.807, 2.05) is 12.1 Å². The largest absolute Gasteiger partial charge is 0.481 e. The number of benzene rings is 2. The number of carboxylic acids is 1. The van der Waals surface area contributed by atoms with Gasteiger partial charge in [0.15, 0.2) is 0 Å². The first-order valence-corrected chi connectivity index (χ1v) is 9.91. The van der Waals surface area contributed by atoms with Gasteiger partial charge in [0.05, 0.1) is 12.5 Å². The van der Waals surface area contributed by atoms with Crippen LogP contribution in [0, 0.1) is 5.41 Å². The minimum Gasteiger partial charge on any atom is -0.481 e. The Labute approximate surface area is 179 Å². The number of nitrogens with two attached hydrogens (primary N) is 1. The number of carbonyl (C=O) groups is 2. The molecule has 1 amide bonds. The van der Waals surface area contributed by atoms with Crippen molar-refractivity contribution < 1.29 is 14.7 Å². The lowest BCUT2D eigenvalue weighted by molar-refractivity contribution is -0.137. The fourth-order valence-corrected chi connectivity index (χ4v) is 3.47. The zero-order valence-corrected chi connectivity index (χ0v) is 17.3. The van der Waals surface area contributed by atoms with Gasteiger partial charge in [0, 0.05) is 22.0 Å². The zero-order valence-electron chi connectivity index (χ0n) is 15.8. The molecule has 0 aromatic heterocycles. The molecular formula is C21H23Cl2N3O3. The van der Waals surface area contributed by atoms with E-state index in [2.05, 4.69) is 5.32 Å². The Morgan fingerprint density at radius 2 is 1.79 bits per heavy atom. The third-order valence-electron chi connectivity index (χ3n) is 4.44. The van der Waals surface area contributed by atoms with E-state index in [0.717, 1.165) is 18.4 Å². The molecule has 6 nitrogen and oxygen atoms in total. The van der Waals surface area contributed by atoms with Gasteiger partial charge in [0.25, 0.3) is 0 Å². The Morgan fingerprint density at radius 3 is 2.38 bits per heavy atom. The number of unbranched alkanes of at least 4 members (excludes halogenated alkanes) is 1. The lowest BCUT2D eigenvalue weighted by atomic mass is 10.0. The quantitative estimate of drug-likeness (QED) is 0.252. The highest BCUT2D eigenvalue weighted by atomic mass is 35.5. The summed E-state index contributed by atoms with van der Waals surface area (Å²) < 4.78 is 0. The molecule has 0 bridgehead atoms. The van der Waals surface area contributed by atoms with Crippen LogP contribution in [0.1, 0.15) is 48.4 Å². The molecule has 1 unspecified atom stereocenters. The predicted octanol–water partition coefficient (Wildman–Crippen LogP) is 4.32. The van der Waals surface area contributed by atoms with Gasteiger partial charge < -0.3 is 16.2 Å². The number of amides is 1. The number of aryl methyl sites for hydroxylation is 1. The SMILES string of the molecule is N=C(N)c1ccc(CCCCC(=O)NC(CC(=O)O)c2ccc(Cl)cc2Cl)cc1. The van der Waals surface area contributed by atoms with Gasteiger partial charge in [-0.1, -0.05) is 53.5 Å². The minimum atomic E-state index is -1.03. The third-order valence-corrected chi connectivity index (χ3v) is 5.00. The summed E-state index contributed by atoms with van der Waals surface area (Å²) in [5.41, 5.74) is 7.74. The van der Waals surface area contributed by atoms with Gasteiger partial charge in [-0.25, -0.2) is 0 Å². The number of nitrogen functional groups attached to an aromatic ring is 1. The van der Waals surface area contributed by atoms with Gasteiger partial charge in [-0.3, -0.25) is 15.0 Å². The highest BCUT2D eigenvalue weighted by molar-refractivity contribution is 6.35. The van der Waals surface area contributed by atoms with Crippen LogP contribution in [0.4, 0.5) is 0 Å². The molecule has 0 saturated carbocycles. The molecule has 0 fully saturated rings. The van der Waals surface area contributed by atoms with E-state index in [-0.39, 0.29) is 24.6 Å². The van der Waals surface area contributed by atoms with Crippen LogP contribution in [0.5, 0.6) is 0 Å². The molecule has 1 atom stereocenters. The summed E-state index contributed by atoms with van der Waals surface area (Å²) in [6.07, 6.45) is 2.28. The monoisotopic (exact) mass is 435 g/mol. The molecule has 8 heteroatoms. The second-order valence-electron chi connectivity index (χ2n) is 6.70. The van der Waals surface area contributed by atoms with E-state index in [9.17, 15) is 9.59 Å². The summed E-state index contributed by atoms with van der Waals surface area (Å²) in [4.78, 5) is 23.5. The lowest BCUT2D eigenvalue weighted by Crippen LogP contribution is -2.30. The van der Waals surface area contributed by atoms with Crippen LogP contribution in [-0.2, 0) is 16.0 Å². The Kier molecular flexibility index (Phi) is 8.49. The fourth-order valence-electron chi connectivity index (χ4n) is 2.93. The van der Waals surface area contributed by atoms with Crippen LogP contribution >= 0.6 is 23.2 Å². The number of hydrogen-bond acceptors (Lipinski definition) is 3. The summed E-state index contributed by atoms with van der Waals surface area (Å²) in [5.74, 6) is -1.23. The van der Waals surface area contributed by atoms with Gasteiger partial charge in [-0.15, -0.1) is 0 Å². The molecule has 0 saturated heterocycles. The Morgan fingerprint density at radius 1 is 1.10 bits per heavy atom. The highest BCUT2D eigenvalue weighted by Gasteiger charge is 2.20. The smallest absolute Gasteiger partial charge is 0.305 e. The first kappa shape index (κ1) is 22.7. The number of aliphatic carboxylic acids is 1. The standard InChI is InChI=1S/C21H23Cl2N3O3/c22-15-9-10-16(17(23)11-15)18(12-20(28)29)26-19(27)4-2-1-3-13-5-7-14(8-6-13)21(24)25/h5-11,18H,1-4,12H2,(H3,24,25)(H,26,27)(H,28,29). The topological polar surface area (TPSA) is 116 Å². The van der Waals surface area contributed by atoms with Crippen LogP contribution in [0.2, 0.25) is 10.0 Å². The first-order chi connectivity index (χ1) is 13.8. The maximum Gasteiger partial charge on any atom is 0.305 e. The molecule has 0 heterocycles. The molecule has 154 valence electrons. The summed E-state index contributed by atoms with van der Waals surface area (Å²) in [6.45, 7) is 0. The van der Waals surface area contributed by atoms with Gasteiger partial charge >= 0.3 is 5.97 Å². The van der Waals surface area contributed by atoms with Crippen LogP contribution < -0.4 is 11.1 Å². The average Bonchev–Trinajstić information content (AvgIpc) is 2.65. The van der Waals surface area contributed by atoms with E-state index in [1.54, 1.807) is 24.3 Å². The maximum atomic E-state index is 12.3. The lowest BCUT2D eigenvalue weighted by Gasteiger charge is -2.19. The van der Waals surface area contributed by atoms with Crippen LogP contribution in [0.3, 0.4) is 0 Å². The molecule has 2 aromatic rings. The molecule has 0 spiro atoms. The number of hydrogen-bond donors (Lipinski definition) is 4. The van der Waals surface area contributed by atoms with Gasteiger partial charge in [0.1, 0.15) is 5.84 Å². The van der Waals surface area contributed by atoms with E-state index >= 15 is 0 Å². The number of nitrogens with one attached hydrogen (secondary N) is 2. The molecule has 0 radical (unpaired) electrons. The van der Waals surface area contributed by atoms with Crippen molar-refractivity contribution in [1.29, 1.82) is 5.41 Å². The average molecular weight is 436 g/mol. The normalized spacial score (nSPS) is 11.7. The number of carboxylic acid groups (broad SMARTS) is 1. The minimum absolute atomic E-state index is 0.0323. The van der Waals surface area contributed by atoms with E-state index < -0.39 is 12.0 Å². The molecule has 2 aromatic carbocycles. The molecule has 0 aliphatic heterocycles. The number of halogens is 2. The van der Waals surface area contributed by atoms with E-state index in [4.69, 9.17) is 39.5 Å². The second-order valence-corrected chi connectivity index (χ2v) is 7.55. The second kappa shape index (κ2) is 10.8. The van der Waals surface area contributed by atoms with Gasteiger partial charge in [-0.2, -0.15) is 0 Å². The predicted molar refractivity (Wildman–Crippen MR) is 115 cm³/mol. The van der Waals surface area contributed by atoms with Crippen LogP contribution in [-0.4, -0.2) is 22.8 Å². The molecule has 0 aliphatic carbocycles. The number of rotatable bonds is 10. The molecule has 29 heavy (non-hydrogen) atoms. The van der Waals surface area contributed by atoms with Crippen molar-refractivity contribution in [3.8, 4) is 0 Å². The van der Waals surface area contributed by atoms with Crippen molar-refractivity contribution >= 4 is 40.9 Å². The Bertz CT molecular complexity index is 885. The zero-order chi connectivity index (χ0) is 21.4. The van der Waals surface area contributed by atoms with E-state index in [1.165, 1.54) is 6.07 Å². The summed E-state index contributed by atoms with van der Waals surface area (Å²) in [6, 6.07) is 11.5. The molecule has 2 rings (SSSR count). The first-order valence-electron chi connectivity index (χ1n) is 9.15. The fraction of sp³-hybridized carbons (Fsp3) is 0.286. The summed E-state index contributed by atoms with van der Waals surface area (Å²) in [7, 11) is 0. The van der Waals surface area contributed by atoms with Gasteiger partial charge in [-0.05, 0) is 42.5 Å². The van der Waals surface area contributed by atoms with Crippen molar-refractivity contribution in [2.75, 3.05) is 0 Å². The van der Waals surface area contributed by atoms with Crippen LogP contribution in [0.15, 0.2) is 42.5 Å². The third kappa shape index (κ3) is 7.40. The highest BCUT2D eigenvalue weighted by Crippen LogP contribution is 2.28. The summed E-state index contributed by atoms with van der Waals surface area (Å²) in [5, 5.41) is 20.1. The van der Waals surface area contributed by atoms with Crippen molar-refractivity contribution in [2.45, 2.75) is 38.1 Å². The van der Waals surface area contributed by atoms with Crippen molar-refractivity contribution in [3.63, 3.8) is 0 Å². The van der Waals surface area contributed by atoms with E-state index in [0.29, 0.717) is 27.6 Å². The van der Waals surface area contributed by atoms with Crippen molar-refractivity contribution in [2.24, 2.45) is 5.73 Å². The Hall–Kier alpha value is -2.57. The molecular weight excluding hydrogens is 413 g/mol. The Balaban J connectivity index is 1.86. The maximum absolute atomic E-state index is 12.3. The molecule has 0 aliphatic rings. The number of amidine groups is 1.